The molecule has 2 fully saturated rings. The quantitative estimate of drug-likeness (QED) is 0.499. The van der Waals surface area contributed by atoms with Gasteiger partial charge >= 0.3 is 6.61 Å². The predicted octanol–water partition coefficient (Wildman–Crippen LogP) is 2.06. The summed E-state index contributed by atoms with van der Waals surface area (Å²) < 4.78 is 34.4. The number of ether oxygens (including phenoxy) is 2. The van der Waals surface area contributed by atoms with Crippen molar-refractivity contribution in [3.8, 4) is 11.5 Å². The summed E-state index contributed by atoms with van der Waals surface area (Å²) in [5.74, 6) is -1.38. The molecule has 2 aliphatic carbocycles. The summed E-state index contributed by atoms with van der Waals surface area (Å²) in [5, 5.41) is 0. The van der Waals surface area contributed by atoms with Gasteiger partial charge < -0.3 is 14.4 Å². The molecule has 1 saturated heterocycles. The molecule has 1 aromatic rings. The number of amides is 3. The number of nitrogens with zero attached hydrogens (tertiary/aromatic N) is 2. The molecule has 0 spiro atoms. The molecular weight excluding hydrogens is 398 g/mol. The second-order valence-corrected chi connectivity index (χ2v) is 7.88. The van der Waals surface area contributed by atoms with Gasteiger partial charge in [-0.2, -0.15) is 8.78 Å². The van der Waals surface area contributed by atoms with Crippen molar-refractivity contribution in [1.82, 2.24) is 9.80 Å². The number of hydrogen-bond donors (Lipinski definition) is 0. The maximum Gasteiger partial charge on any atom is 0.387 e. The number of imide groups is 1. The highest BCUT2D eigenvalue weighted by Gasteiger charge is 2.59. The Bertz CT molecular complexity index is 889. The summed E-state index contributed by atoms with van der Waals surface area (Å²) in [4.78, 5) is 40.6. The van der Waals surface area contributed by atoms with E-state index in [1.54, 1.807) is 13.1 Å². The van der Waals surface area contributed by atoms with Crippen LogP contribution in [0.1, 0.15) is 12.0 Å². The Balaban J connectivity index is 1.40. The number of likely N-dealkylation sites (tertiary alicyclic amines) is 1. The van der Waals surface area contributed by atoms with Crippen molar-refractivity contribution in [3.63, 3.8) is 0 Å². The van der Waals surface area contributed by atoms with Crippen LogP contribution >= 0.6 is 0 Å². The number of halogens is 2. The molecule has 1 saturated carbocycles. The second-order valence-electron chi connectivity index (χ2n) is 7.88. The van der Waals surface area contributed by atoms with Gasteiger partial charge in [0.05, 0.1) is 18.9 Å². The fourth-order valence-corrected chi connectivity index (χ4v) is 4.74. The zero-order valence-electron chi connectivity index (χ0n) is 16.6. The van der Waals surface area contributed by atoms with Crippen LogP contribution in [0.15, 0.2) is 30.4 Å². The summed E-state index contributed by atoms with van der Waals surface area (Å²) in [5.41, 5.74) is 0.627. The lowest BCUT2D eigenvalue weighted by atomic mass is 9.85. The molecule has 160 valence electrons. The molecule has 3 aliphatic rings. The first-order valence-electron chi connectivity index (χ1n) is 9.69. The summed E-state index contributed by atoms with van der Waals surface area (Å²) in [6.07, 6.45) is 4.84. The minimum Gasteiger partial charge on any atom is -0.493 e. The van der Waals surface area contributed by atoms with Crippen LogP contribution in [0.4, 0.5) is 8.78 Å². The van der Waals surface area contributed by atoms with Crippen LogP contribution in [0.25, 0.3) is 0 Å². The van der Waals surface area contributed by atoms with Gasteiger partial charge in [-0.05, 0) is 36.0 Å². The molecule has 3 amide bonds. The van der Waals surface area contributed by atoms with Crippen molar-refractivity contribution in [2.75, 3.05) is 20.7 Å². The third kappa shape index (κ3) is 3.42. The topological polar surface area (TPSA) is 76.2 Å². The van der Waals surface area contributed by atoms with Crippen LogP contribution in [0, 0.1) is 23.7 Å². The fourth-order valence-electron chi connectivity index (χ4n) is 4.74. The second kappa shape index (κ2) is 7.70. The normalized spacial score (nSPS) is 26.5. The molecule has 1 aromatic carbocycles. The minimum absolute atomic E-state index is 0.0933. The van der Waals surface area contributed by atoms with E-state index in [1.165, 1.54) is 24.1 Å². The first kappa shape index (κ1) is 20.3. The molecule has 7 nitrogen and oxygen atoms in total. The number of likely N-dealkylation sites (N-methyl/N-ethyl adjacent to an activating group) is 1. The smallest absolute Gasteiger partial charge is 0.387 e. The summed E-state index contributed by atoms with van der Waals surface area (Å²) in [7, 11) is 2.88. The van der Waals surface area contributed by atoms with Gasteiger partial charge in [0.25, 0.3) is 0 Å². The molecular formula is C21H22F2N2O5. The van der Waals surface area contributed by atoms with Crippen molar-refractivity contribution in [1.29, 1.82) is 0 Å². The summed E-state index contributed by atoms with van der Waals surface area (Å²) >= 11 is 0. The average molecular weight is 420 g/mol. The van der Waals surface area contributed by atoms with Gasteiger partial charge in [0, 0.05) is 13.6 Å². The highest BCUT2D eigenvalue weighted by molar-refractivity contribution is 6.08. The molecule has 0 aromatic heterocycles. The lowest BCUT2D eigenvalue weighted by molar-refractivity contribution is -0.146. The Morgan fingerprint density at radius 1 is 1.17 bits per heavy atom. The maximum absolute atomic E-state index is 12.7. The number of alkyl halides is 2. The lowest BCUT2D eigenvalue weighted by Crippen LogP contribution is -2.42. The van der Waals surface area contributed by atoms with E-state index < -0.39 is 6.61 Å². The van der Waals surface area contributed by atoms with Crippen molar-refractivity contribution < 1.29 is 32.6 Å². The zero-order chi connectivity index (χ0) is 21.6. The zero-order valence-corrected chi connectivity index (χ0v) is 16.6. The Morgan fingerprint density at radius 2 is 1.80 bits per heavy atom. The van der Waals surface area contributed by atoms with Crippen LogP contribution in [-0.2, 0) is 20.9 Å². The van der Waals surface area contributed by atoms with Crippen LogP contribution in [0.5, 0.6) is 11.5 Å². The van der Waals surface area contributed by atoms with Crippen LogP contribution in [0.3, 0.4) is 0 Å². The average Bonchev–Trinajstić information content (AvgIpc) is 3.38. The molecule has 0 N–H and O–H groups in total. The SMILES string of the molecule is COc1cc(CN(C)C(=O)CN2C(=O)[C@@H]3[C@@H](C2=O)[C@H]2C=C[C@H]3C2)ccc1OC(F)F. The van der Waals surface area contributed by atoms with Crippen LogP contribution in [0.2, 0.25) is 0 Å². The van der Waals surface area contributed by atoms with E-state index >= 15 is 0 Å². The highest BCUT2D eigenvalue weighted by Crippen LogP contribution is 2.52. The fraction of sp³-hybridized carbons (Fsp3) is 0.476. The molecule has 2 bridgehead atoms. The third-order valence-corrected chi connectivity index (χ3v) is 6.14. The molecule has 30 heavy (non-hydrogen) atoms. The monoisotopic (exact) mass is 420 g/mol. The number of methoxy groups -OCH3 is 1. The van der Waals surface area contributed by atoms with Crippen molar-refractivity contribution in [2.45, 2.75) is 19.6 Å². The van der Waals surface area contributed by atoms with E-state index in [2.05, 4.69) is 4.74 Å². The Kier molecular flexibility index (Phi) is 5.21. The number of carbonyl (C=O) groups is 3. The third-order valence-electron chi connectivity index (χ3n) is 6.14. The molecule has 0 radical (unpaired) electrons. The Hall–Kier alpha value is -2.97. The number of fused-ring (bicyclic) bond motifs is 5. The highest BCUT2D eigenvalue weighted by atomic mass is 19.3. The molecule has 4 atom stereocenters. The maximum atomic E-state index is 12.7. The Morgan fingerprint density at radius 3 is 2.37 bits per heavy atom. The van der Waals surface area contributed by atoms with Gasteiger partial charge in [-0.25, -0.2) is 0 Å². The standard InChI is InChI=1S/C21H22F2N2O5/c1-24(9-11-3-6-14(30-21(22)23)15(7-11)29-2)16(26)10-25-19(27)17-12-4-5-13(8-12)18(17)20(25)28/h3-7,12-13,17-18,21H,8-10H2,1-2H3/t12-,13-,17-,18-/m0/s1. The van der Waals surface area contributed by atoms with E-state index in [0.29, 0.717) is 5.56 Å². The number of carbonyl (C=O) groups excluding carboxylic acids is 3. The number of hydrogen-bond acceptors (Lipinski definition) is 5. The molecule has 9 heteroatoms. The van der Waals surface area contributed by atoms with Crippen LogP contribution in [-0.4, -0.2) is 54.8 Å². The van der Waals surface area contributed by atoms with E-state index in [4.69, 9.17) is 4.74 Å². The molecule has 1 heterocycles. The molecule has 4 rings (SSSR count). The minimum atomic E-state index is -2.98. The number of rotatable bonds is 7. The van der Waals surface area contributed by atoms with E-state index in [1.807, 2.05) is 12.2 Å². The van der Waals surface area contributed by atoms with Crippen molar-refractivity contribution in [3.05, 3.63) is 35.9 Å². The summed E-state index contributed by atoms with van der Waals surface area (Å²) in [6, 6.07) is 4.39. The van der Waals surface area contributed by atoms with Gasteiger partial charge in [0.2, 0.25) is 17.7 Å². The predicted molar refractivity (Wildman–Crippen MR) is 101 cm³/mol. The van der Waals surface area contributed by atoms with Gasteiger partial charge in [0.15, 0.2) is 11.5 Å². The van der Waals surface area contributed by atoms with Crippen LogP contribution < -0.4 is 9.47 Å². The van der Waals surface area contributed by atoms with Gasteiger partial charge in [-0.1, -0.05) is 18.2 Å². The van der Waals surface area contributed by atoms with E-state index in [0.717, 1.165) is 11.3 Å². The Labute approximate surface area is 172 Å². The molecule has 0 unspecified atom stereocenters. The van der Waals surface area contributed by atoms with E-state index in [9.17, 15) is 23.2 Å². The van der Waals surface area contributed by atoms with E-state index in [-0.39, 0.29) is 66.0 Å². The van der Waals surface area contributed by atoms with Gasteiger partial charge in [-0.15, -0.1) is 0 Å². The van der Waals surface area contributed by atoms with Crippen molar-refractivity contribution in [2.24, 2.45) is 23.7 Å². The molecule has 1 aliphatic heterocycles. The number of benzene rings is 1. The lowest BCUT2D eigenvalue weighted by Gasteiger charge is -2.22. The van der Waals surface area contributed by atoms with Gasteiger partial charge in [-0.3, -0.25) is 19.3 Å². The largest absolute Gasteiger partial charge is 0.493 e. The van der Waals surface area contributed by atoms with Gasteiger partial charge in [0.1, 0.15) is 6.54 Å². The van der Waals surface area contributed by atoms with Crippen molar-refractivity contribution >= 4 is 17.7 Å². The number of allylic oxidation sites excluding steroid dienone is 2. The summed E-state index contributed by atoms with van der Waals surface area (Å²) in [6.45, 7) is -3.13. The first-order chi connectivity index (χ1) is 14.3. The first-order valence-corrected chi connectivity index (χ1v) is 9.69.